The molecule has 0 saturated carbocycles. The predicted molar refractivity (Wildman–Crippen MR) is 68.0 cm³/mol. The number of aliphatic hydroxyl groups is 1. The predicted octanol–water partition coefficient (Wildman–Crippen LogP) is 1.97. The molecular formula is C12H21NO2S. The Morgan fingerprint density at radius 1 is 1.50 bits per heavy atom. The first-order valence-electron chi connectivity index (χ1n) is 5.65. The fourth-order valence-corrected chi connectivity index (χ4v) is 2.57. The van der Waals surface area contributed by atoms with Crippen molar-refractivity contribution in [3.05, 3.63) is 21.9 Å². The van der Waals surface area contributed by atoms with Crippen LogP contribution < -0.4 is 5.32 Å². The van der Waals surface area contributed by atoms with Crippen molar-refractivity contribution in [2.24, 2.45) is 0 Å². The maximum absolute atomic E-state index is 9.17. The van der Waals surface area contributed by atoms with Crippen molar-refractivity contribution in [1.29, 1.82) is 0 Å². The van der Waals surface area contributed by atoms with Gasteiger partial charge in [-0.2, -0.15) is 0 Å². The molecule has 92 valence electrons. The minimum atomic E-state index is 0.00664. The van der Waals surface area contributed by atoms with E-state index >= 15 is 0 Å². The van der Waals surface area contributed by atoms with E-state index in [1.54, 1.807) is 7.11 Å². The van der Waals surface area contributed by atoms with Crippen molar-refractivity contribution in [2.75, 3.05) is 20.3 Å². The first-order valence-corrected chi connectivity index (χ1v) is 6.47. The lowest BCUT2D eigenvalue weighted by atomic mass is 10.2. The third-order valence-electron chi connectivity index (χ3n) is 2.53. The average Bonchev–Trinajstić information content (AvgIpc) is 2.76. The van der Waals surface area contributed by atoms with Crippen LogP contribution in [0.2, 0.25) is 0 Å². The molecule has 3 nitrogen and oxygen atoms in total. The van der Waals surface area contributed by atoms with Gasteiger partial charge in [0.2, 0.25) is 0 Å². The Kier molecular flexibility index (Phi) is 5.98. The van der Waals surface area contributed by atoms with Gasteiger partial charge in [0.1, 0.15) is 0 Å². The monoisotopic (exact) mass is 243 g/mol. The topological polar surface area (TPSA) is 41.5 Å². The molecular weight excluding hydrogens is 222 g/mol. The van der Waals surface area contributed by atoms with Crippen LogP contribution in [0.25, 0.3) is 0 Å². The third-order valence-corrected chi connectivity index (χ3v) is 3.94. The molecule has 1 heterocycles. The maximum atomic E-state index is 9.17. The van der Waals surface area contributed by atoms with Crippen LogP contribution in [0.5, 0.6) is 0 Å². The van der Waals surface area contributed by atoms with Crippen LogP contribution in [0.1, 0.15) is 29.6 Å². The molecule has 0 bridgehead atoms. The van der Waals surface area contributed by atoms with Gasteiger partial charge in [-0.05, 0) is 25.5 Å². The number of hydrogen-bond acceptors (Lipinski definition) is 4. The Labute approximate surface area is 101 Å². The minimum absolute atomic E-state index is 0.00664. The van der Waals surface area contributed by atoms with Crippen molar-refractivity contribution >= 4 is 11.3 Å². The minimum Gasteiger partial charge on any atom is -0.395 e. The Morgan fingerprint density at radius 3 is 2.75 bits per heavy atom. The van der Waals surface area contributed by atoms with Crippen molar-refractivity contribution in [3.63, 3.8) is 0 Å². The van der Waals surface area contributed by atoms with E-state index < -0.39 is 0 Å². The van der Waals surface area contributed by atoms with E-state index in [1.165, 1.54) is 9.75 Å². The second-order valence-electron chi connectivity index (χ2n) is 3.88. The summed E-state index contributed by atoms with van der Waals surface area (Å²) in [6.07, 6.45) is 1.08. The first-order chi connectivity index (χ1) is 7.71. The number of aliphatic hydroxyl groups excluding tert-OH is 1. The molecule has 2 N–H and O–H groups in total. The van der Waals surface area contributed by atoms with Crippen molar-refractivity contribution in [2.45, 2.75) is 32.4 Å². The zero-order valence-electron chi connectivity index (χ0n) is 10.2. The maximum Gasteiger partial charge on any atom is 0.0638 e. The van der Waals surface area contributed by atoms with E-state index in [9.17, 15) is 0 Å². The van der Waals surface area contributed by atoms with Gasteiger partial charge in [0, 0.05) is 22.9 Å². The molecule has 1 rings (SSSR count). The van der Waals surface area contributed by atoms with E-state index in [0.29, 0.717) is 6.61 Å². The summed E-state index contributed by atoms with van der Waals surface area (Å²) in [6.45, 7) is 4.91. The largest absolute Gasteiger partial charge is 0.395 e. The highest BCUT2D eigenvalue weighted by molar-refractivity contribution is 7.12. The summed E-state index contributed by atoms with van der Waals surface area (Å²) in [6, 6.07) is 4.59. The van der Waals surface area contributed by atoms with Crippen molar-refractivity contribution in [3.8, 4) is 0 Å². The third kappa shape index (κ3) is 3.87. The normalized spacial score (nSPS) is 15.0. The molecule has 1 aromatic rings. The standard InChI is InChI=1S/C12H21NO2S/c1-4-11-5-6-12(16-11)9(2)13-10(7-14)8-15-3/h5-6,9-10,13-14H,4,7-8H2,1-3H3. The number of aryl methyl sites for hydroxylation is 1. The zero-order chi connectivity index (χ0) is 12.0. The highest BCUT2D eigenvalue weighted by atomic mass is 32.1. The zero-order valence-corrected chi connectivity index (χ0v) is 11.0. The quantitative estimate of drug-likeness (QED) is 0.769. The van der Waals surface area contributed by atoms with E-state index in [-0.39, 0.29) is 18.7 Å². The van der Waals surface area contributed by atoms with E-state index in [0.717, 1.165) is 6.42 Å². The molecule has 0 aliphatic carbocycles. The molecule has 0 saturated heterocycles. The lowest BCUT2D eigenvalue weighted by Gasteiger charge is -2.20. The summed E-state index contributed by atoms with van der Waals surface area (Å²) in [5.74, 6) is 0. The molecule has 0 fully saturated rings. The van der Waals surface area contributed by atoms with Gasteiger partial charge in [0.15, 0.2) is 0 Å². The molecule has 16 heavy (non-hydrogen) atoms. The summed E-state index contributed by atoms with van der Waals surface area (Å²) in [4.78, 5) is 2.71. The highest BCUT2D eigenvalue weighted by Crippen LogP contribution is 2.23. The van der Waals surface area contributed by atoms with E-state index in [1.807, 2.05) is 11.3 Å². The number of hydrogen-bond donors (Lipinski definition) is 2. The van der Waals surface area contributed by atoms with Gasteiger partial charge < -0.3 is 15.2 Å². The average molecular weight is 243 g/mol. The van der Waals surface area contributed by atoms with Crippen LogP contribution >= 0.6 is 11.3 Å². The summed E-state index contributed by atoms with van der Waals surface area (Å²) >= 11 is 1.83. The SMILES string of the molecule is CCc1ccc(C(C)NC(CO)COC)s1. The molecule has 0 amide bonds. The Balaban J connectivity index is 2.52. The highest BCUT2D eigenvalue weighted by Gasteiger charge is 2.13. The summed E-state index contributed by atoms with van der Waals surface area (Å²) in [5.41, 5.74) is 0. The van der Waals surface area contributed by atoms with E-state index in [4.69, 9.17) is 9.84 Å². The van der Waals surface area contributed by atoms with Gasteiger partial charge in [-0.3, -0.25) is 0 Å². The fraction of sp³-hybridized carbons (Fsp3) is 0.667. The van der Waals surface area contributed by atoms with Crippen molar-refractivity contribution in [1.82, 2.24) is 5.32 Å². The molecule has 0 spiro atoms. The van der Waals surface area contributed by atoms with Gasteiger partial charge in [0.05, 0.1) is 19.3 Å². The van der Waals surface area contributed by atoms with E-state index in [2.05, 4.69) is 31.3 Å². The van der Waals surface area contributed by atoms with Gasteiger partial charge >= 0.3 is 0 Å². The Morgan fingerprint density at radius 2 is 2.25 bits per heavy atom. The molecule has 4 heteroatoms. The molecule has 0 radical (unpaired) electrons. The number of ether oxygens (including phenoxy) is 1. The van der Waals surface area contributed by atoms with Crippen LogP contribution in [-0.2, 0) is 11.2 Å². The van der Waals surface area contributed by atoms with Crippen molar-refractivity contribution < 1.29 is 9.84 Å². The number of methoxy groups -OCH3 is 1. The van der Waals surface area contributed by atoms with Gasteiger partial charge in [-0.25, -0.2) is 0 Å². The van der Waals surface area contributed by atoms with Crippen LogP contribution in [0.4, 0.5) is 0 Å². The number of thiophene rings is 1. The first kappa shape index (κ1) is 13.6. The summed E-state index contributed by atoms with van der Waals surface area (Å²) in [7, 11) is 1.65. The van der Waals surface area contributed by atoms with Crippen LogP contribution in [0.15, 0.2) is 12.1 Å². The van der Waals surface area contributed by atoms with Gasteiger partial charge in [0.25, 0.3) is 0 Å². The second-order valence-corrected chi connectivity index (χ2v) is 5.08. The fourth-order valence-electron chi connectivity index (χ4n) is 1.61. The molecule has 0 aliphatic heterocycles. The Bertz CT molecular complexity index is 301. The van der Waals surface area contributed by atoms with Crippen LogP contribution in [-0.4, -0.2) is 31.5 Å². The number of rotatable bonds is 7. The van der Waals surface area contributed by atoms with Crippen LogP contribution in [0.3, 0.4) is 0 Å². The summed E-state index contributed by atoms with van der Waals surface area (Å²) < 4.78 is 5.04. The van der Waals surface area contributed by atoms with Gasteiger partial charge in [-0.1, -0.05) is 6.92 Å². The lowest BCUT2D eigenvalue weighted by molar-refractivity contribution is 0.123. The molecule has 2 atom stereocenters. The Hall–Kier alpha value is -0.420. The molecule has 0 aliphatic rings. The van der Waals surface area contributed by atoms with Crippen LogP contribution in [0, 0.1) is 0 Å². The van der Waals surface area contributed by atoms with Gasteiger partial charge in [-0.15, -0.1) is 11.3 Å². The lowest BCUT2D eigenvalue weighted by Crippen LogP contribution is -2.37. The smallest absolute Gasteiger partial charge is 0.0638 e. The molecule has 1 aromatic heterocycles. The molecule has 0 aromatic carbocycles. The summed E-state index contributed by atoms with van der Waals surface area (Å²) in [5, 5.41) is 12.5. The number of nitrogens with one attached hydrogen (secondary N) is 1. The molecule has 2 unspecified atom stereocenters. The second kappa shape index (κ2) is 7.01.